The molecule has 2 heterocycles. The fraction of sp³-hybridized carbons (Fsp3) is 1.00. The van der Waals surface area contributed by atoms with E-state index in [0.29, 0.717) is 0 Å². The van der Waals surface area contributed by atoms with Gasteiger partial charge >= 0.3 is 0 Å². The predicted molar refractivity (Wildman–Crippen MR) is 38.8 cm³/mol. The molecule has 0 saturated carbocycles. The minimum atomic E-state index is 0.0608. The van der Waals surface area contributed by atoms with Crippen molar-refractivity contribution in [2.75, 3.05) is 26.2 Å². The lowest BCUT2D eigenvalue weighted by Gasteiger charge is -2.32. The normalized spacial score (nSPS) is 31.2. The van der Waals surface area contributed by atoms with Gasteiger partial charge in [-0.15, -0.1) is 0 Å². The van der Waals surface area contributed by atoms with Crippen LogP contribution in [0.2, 0.25) is 0 Å². The molecule has 0 aromatic heterocycles. The van der Waals surface area contributed by atoms with Gasteiger partial charge in [0.25, 0.3) is 0 Å². The van der Waals surface area contributed by atoms with Gasteiger partial charge in [0.15, 0.2) is 0 Å². The maximum atomic E-state index is 5.63. The number of hydrogen-bond donors (Lipinski definition) is 2. The second-order valence-electron chi connectivity index (χ2n) is 3.02. The summed E-state index contributed by atoms with van der Waals surface area (Å²) in [6.45, 7) is 4.10. The molecule has 0 aliphatic carbocycles. The highest BCUT2D eigenvalue weighted by Crippen LogP contribution is 2.22. The van der Waals surface area contributed by atoms with Crippen molar-refractivity contribution in [3.63, 3.8) is 0 Å². The standard InChI is InChI=1S/C7H14N2O/c1-3-8-4-2-7(1)9-5-6-10-7/h8-9H,1-6H2. The maximum Gasteiger partial charge on any atom is 0.121 e. The SMILES string of the molecule is C1CC2(CCN1)NCCO2. The second-order valence-corrected chi connectivity index (χ2v) is 3.02. The second kappa shape index (κ2) is 2.49. The van der Waals surface area contributed by atoms with Crippen molar-refractivity contribution in [2.45, 2.75) is 18.6 Å². The van der Waals surface area contributed by atoms with Crippen molar-refractivity contribution in [2.24, 2.45) is 0 Å². The highest BCUT2D eigenvalue weighted by molar-refractivity contribution is 4.87. The Morgan fingerprint density at radius 2 is 1.90 bits per heavy atom. The van der Waals surface area contributed by atoms with E-state index in [4.69, 9.17) is 4.74 Å². The van der Waals surface area contributed by atoms with Crippen LogP contribution in [0, 0.1) is 0 Å². The summed E-state index contributed by atoms with van der Waals surface area (Å²) in [6.07, 6.45) is 2.24. The Kier molecular flexibility index (Phi) is 1.64. The van der Waals surface area contributed by atoms with Crippen molar-refractivity contribution in [3.8, 4) is 0 Å². The Hall–Kier alpha value is -0.120. The van der Waals surface area contributed by atoms with Crippen LogP contribution in [0.1, 0.15) is 12.8 Å². The average molecular weight is 142 g/mol. The van der Waals surface area contributed by atoms with Gasteiger partial charge in [-0.2, -0.15) is 0 Å². The monoisotopic (exact) mass is 142 g/mol. The molecule has 10 heavy (non-hydrogen) atoms. The quantitative estimate of drug-likeness (QED) is 0.486. The molecule has 2 aliphatic rings. The Morgan fingerprint density at radius 1 is 1.10 bits per heavy atom. The topological polar surface area (TPSA) is 33.3 Å². The number of ether oxygens (including phenoxy) is 1. The number of nitrogens with one attached hydrogen (secondary N) is 2. The number of hydrogen-bond acceptors (Lipinski definition) is 3. The summed E-state index contributed by atoms with van der Waals surface area (Å²) in [5.41, 5.74) is 0.0608. The molecule has 0 aromatic rings. The van der Waals surface area contributed by atoms with Crippen LogP contribution in [0.25, 0.3) is 0 Å². The molecule has 3 heteroatoms. The highest BCUT2D eigenvalue weighted by atomic mass is 16.5. The van der Waals surface area contributed by atoms with Crippen LogP contribution in [0.4, 0.5) is 0 Å². The molecule has 2 aliphatic heterocycles. The van der Waals surface area contributed by atoms with Gasteiger partial charge in [-0.3, -0.25) is 5.32 Å². The minimum Gasteiger partial charge on any atom is -0.359 e. The third kappa shape index (κ3) is 1.05. The fourth-order valence-electron chi connectivity index (χ4n) is 1.73. The molecule has 0 radical (unpaired) electrons. The van der Waals surface area contributed by atoms with Gasteiger partial charge < -0.3 is 10.1 Å². The van der Waals surface area contributed by atoms with E-state index in [1.807, 2.05) is 0 Å². The molecule has 0 amide bonds. The molecular formula is C7H14N2O. The third-order valence-electron chi connectivity index (χ3n) is 2.34. The van der Waals surface area contributed by atoms with Gasteiger partial charge in [0.1, 0.15) is 5.72 Å². The lowest BCUT2D eigenvalue weighted by Crippen LogP contribution is -2.49. The molecule has 2 rings (SSSR count). The first-order valence-electron chi connectivity index (χ1n) is 4.01. The number of rotatable bonds is 0. The van der Waals surface area contributed by atoms with Crippen molar-refractivity contribution < 1.29 is 4.74 Å². The Bertz CT molecular complexity index is 113. The first-order chi connectivity index (χ1) is 4.91. The van der Waals surface area contributed by atoms with Crippen molar-refractivity contribution in [1.82, 2.24) is 10.6 Å². The van der Waals surface area contributed by atoms with Crippen molar-refractivity contribution in [1.29, 1.82) is 0 Å². The summed E-state index contributed by atoms with van der Waals surface area (Å²) in [7, 11) is 0. The van der Waals surface area contributed by atoms with Crippen LogP contribution in [0.5, 0.6) is 0 Å². The zero-order valence-corrected chi connectivity index (χ0v) is 6.15. The average Bonchev–Trinajstić information content (AvgIpc) is 2.39. The van der Waals surface area contributed by atoms with Gasteiger partial charge in [0.05, 0.1) is 6.61 Å². The van der Waals surface area contributed by atoms with Crippen molar-refractivity contribution in [3.05, 3.63) is 0 Å². The zero-order chi connectivity index (χ0) is 6.86. The molecule has 3 nitrogen and oxygen atoms in total. The number of piperidine rings is 1. The molecule has 0 unspecified atom stereocenters. The van der Waals surface area contributed by atoms with E-state index >= 15 is 0 Å². The highest BCUT2D eigenvalue weighted by Gasteiger charge is 2.35. The van der Waals surface area contributed by atoms with E-state index in [0.717, 1.165) is 39.1 Å². The summed E-state index contributed by atoms with van der Waals surface area (Å²) in [5, 5.41) is 6.73. The first-order valence-corrected chi connectivity index (χ1v) is 4.01. The lowest BCUT2D eigenvalue weighted by atomic mass is 10.0. The molecule has 2 N–H and O–H groups in total. The van der Waals surface area contributed by atoms with Crippen LogP contribution in [-0.4, -0.2) is 32.0 Å². The van der Waals surface area contributed by atoms with Crippen LogP contribution in [0.3, 0.4) is 0 Å². The van der Waals surface area contributed by atoms with Crippen LogP contribution >= 0.6 is 0 Å². The Balaban J connectivity index is 1.98. The molecule has 1 spiro atoms. The molecule has 2 fully saturated rings. The van der Waals surface area contributed by atoms with Gasteiger partial charge in [0.2, 0.25) is 0 Å². The van der Waals surface area contributed by atoms with E-state index < -0.39 is 0 Å². The summed E-state index contributed by atoms with van der Waals surface area (Å²) >= 11 is 0. The largest absolute Gasteiger partial charge is 0.359 e. The molecule has 58 valence electrons. The molecule has 0 atom stereocenters. The van der Waals surface area contributed by atoms with Crippen LogP contribution in [0.15, 0.2) is 0 Å². The van der Waals surface area contributed by atoms with E-state index in [2.05, 4.69) is 10.6 Å². The fourth-order valence-corrected chi connectivity index (χ4v) is 1.73. The molecule has 0 bridgehead atoms. The minimum absolute atomic E-state index is 0.0608. The smallest absolute Gasteiger partial charge is 0.121 e. The summed E-state index contributed by atoms with van der Waals surface area (Å²) in [6, 6.07) is 0. The summed E-state index contributed by atoms with van der Waals surface area (Å²) in [4.78, 5) is 0. The van der Waals surface area contributed by atoms with Gasteiger partial charge in [-0.05, 0) is 13.1 Å². The van der Waals surface area contributed by atoms with Crippen LogP contribution < -0.4 is 10.6 Å². The van der Waals surface area contributed by atoms with Gasteiger partial charge in [0, 0.05) is 19.4 Å². The lowest BCUT2D eigenvalue weighted by molar-refractivity contribution is -0.0331. The molecule has 0 aromatic carbocycles. The first kappa shape index (κ1) is 6.58. The molecular weight excluding hydrogens is 128 g/mol. The van der Waals surface area contributed by atoms with E-state index in [-0.39, 0.29) is 5.72 Å². The summed E-state index contributed by atoms with van der Waals surface area (Å²) < 4.78 is 5.63. The van der Waals surface area contributed by atoms with Crippen LogP contribution in [-0.2, 0) is 4.74 Å². The van der Waals surface area contributed by atoms with Crippen molar-refractivity contribution >= 4 is 0 Å². The van der Waals surface area contributed by atoms with Gasteiger partial charge in [-0.1, -0.05) is 0 Å². The predicted octanol–water partition coefficient (Wildman–Crippen LogP) is -0.314. The maximum absolute atomic E-state index is 5.63. The zero-order valence-electron chi connectivity index (χ0n) is 6.15. The summed E-state index contributed by atoms with van der Waals surface area (Å²) in [5.74, 6) is 0. The van der Waals surface area contributed by atoms with E-state index in [1.54, 1.807) is 0 Å². The van der Waals surface area contributed by atoms with E-state index in [9.17, 15) is 0 Å². The van der Waals surface area contributed by atoms with E-state index in [1.165, 1.54) is 0 Å². The molecule has 2 saturated heterocycles. The Morgan fingerprint density at radius 3 is 2.50 bits per heavy atom. The van der Waals surface area contributed by atoms with Gasteiger partial charge in [-0.25, -0.2) is 0 Å². The Labute approximate surface area is 61.1 Å². The third-order valence-corrected chi connectivity index (χ3v) is 2.34.